The molecule has 0 spiro atoms. The van der Waals surface area contributed by atoms with Gasteiger partial charge in [0, 0.05) is 23.0 Å². The molecule has 0 saturated carbocycles. The summed E-state index contributed by atoms with van der Waals surface area (Å²) in [7, 11) is 0. The number of fused-ring (bicyclic) bond motifs is 2. The lowest BCUT2D eigenvalue weighted by atomic mass is 9.99. The molecule has 1 aliphatic rings. The topological polar surface area (TPSA) is 56.2 Å². The van der Waals surface area contributed by atoms with Crippen LogP contribution in [-0.4, -0.2) is 14.6 Å². The maximum absolute atomic E-state index is 6.34. The van der Waals surface area contributed by atoms with Crippen molar-refractivity contribution in [2.24, 2.45) is 0 Å². The monoisotopic (exact) mass is 250 g/mol. The number of rotatable bonds is 1. The smallest absolute Gasteiger partial charge is 0.155 e. The Bertz CT molecular complexity index is 773. The van der Waals surface area contributed by atoms with Crippen LogP contribution in [0.1, 0.15) is 17.5 Å². The van der Waals surface area contributed by atoms with Crippen molar-refractivity contribution < 1.29 is 0 Å². The van der Waals surface area contributed by atoms with E-state index in [1.807, 2.05) is 12.3 Å². The number of pyridine rings is 1. The van der Waals surface area contributed by atoms with Crippen LogP contribution in [0.5, 0.6) is 0 Å². The molecule has 4 rings (SSSR count). The highest BCUT2D eigenvalue weighted by atomic mass is 15.3. The van der Waals surface area contributed by atoms with Crippen LogP contribution in [0, 0.1) is 0 Å². The zero-order valence-corrected chi connectivity index (χ0v) is 10.5. The van der Waals surface area contributed by atoms with Gasteiger partial charge in [-0.2, -0.15) is 5.10 Å². The zero-order chi connectivity index (χ0) is 12.8. The predicted molar refractivity (Wildman–Crippen MR) is 74.9 cm³/mol. The Kier molecular flexibility index (Phi) is 2.12. The van der Waals surface area contributed by atoms with Gasteiger partial charge in [-0.3, -0.25) is 0 Å². The summed E-state index contributed by atoms with van der Waals surface area (Å²) in [4.78, 5) is 4.15. The first-order chi connectivity index (χ1) is 9.33. The summed E-state index contributed by atoms with van der Waals surface area (Å²) in [6.07, 6.45) is 7.01. The van der Waals surface area contributed by atoms with Crippen LogP contribution in [0.15, 0.2) is 36.8 Å². The van der Waals surface area contributed by atoms with Crippen molar-refractivity contribution in [2.45, 2.75) is 19.3 Å². The molecule has 19 heavy (non-hydrogen) atoms. The minimum absolute atomic E-state index is 0.850. The molecule has 0 fully saturated rings. The Morgan fingerprint density at radius 1 is 1.11 bits per heavy atom. The molecule has 0 unspecified atom stereocenters. The maximum Gasteiger partial charge on any atom is 0.155 e. The number of nitrogens with zero attached hydrogens (tertiary/aromatic N) is 3. The molecule has 0 amide bonds. The molecule has 1 aliphatic carbocycles. The molecule has 94 valence electrons. The molecule has 0 bridgehead atoms. The summed E-state index contributed by atoms with van der Waals surface area (Å²) in [5, 5.41) is 4.17. The van der Waals surface area contributed by atoms with Gasteiger partial charge in [-0.1, -0.05) is 12.1 Å². The van der Waals surface area contributed by atoms with Crippen LogP contribution in [0.3, 0.4) is 0 Å². The van der Waals surface area contributed by atoms with Gasteiger partial charge in [0.1, 0.15) is 6.33 Å². The van der Waals surface area contributed by atoms with Gasteiger partial charge in [0.25, 0.3) is 0 Å². The average molecular weight is 250 g/mol. The molecule has 0 saturated heterocycles. The van der Waals surface area contributed by atoms with Crippen molar-refractivity contribution >= 4 is 11.3 Å². The Labute approximate surface area is 110 Å². The highest BCUT2D eigenvalue weighted by Crippen LogP contribution is 2.35. The van der Waals surface area contributed by atoms with Crippen molar-refractivity contribution in [3.05, 3.63) is 47.9 Å². The first-order valence-electron chi connectivity index (χ1n) is 6.53. The third-order valence-electron chi connectivity index (χ3n) is 3.91. The lowest BCUT2D eigenvalue weighted by Crippen LogP contribution is -1.98. The normalized spacial score (nSPS) is 13.9. The minimum Gasteiger partial charge on any atom is -0.398 e. The number of nitrogens with two attached hydrogens (primary N) is 1. The van der Waals surface area contributed by atoms with Gasteiger partial charge >= 0.3 is 0 Å². The van der Waals surface area contributed by atoms with Gasteiger partial charge in [-0.15, -0.1) is 0 Å². The van der Waals surface area contributed by atoms with E-state index in [0.29, 0.717) is 0 Å². The molecule has 4 nitrogen and oxygen atoms in total. The van der Waals surface area contributed by atoms with Gasteiger partial charge < -0.3 is 5.73 Å². The van der Waals surface area contributed by atoms with Gasteiger partial charge in [0.15, 0.2) is 5.65 Å². The second-order valence-corrected chi connectivity index (χ2v) is 5.00. The Morgan fingerprint density at radius 2 is 2.05 bits per heavy atom. The van der Waals surface area contributed by atoms with Gasteiger partial charge in [0.05, 0.1) is 0 Å². The van der Waals surface area contributed by atoms with Crippen molar-refractivity contribution in [2.75, 3.05) is 5.73 Å². The van der Waals surface area contributed by atoms with Crippen molar-refractivity contribution in [3.63, 3.8) is 0 Å². The lowest BCUT2D eigenvalue weighted by Gasteiger charge is -2.11. The van der Waals surface area contributed by atoms with E-state index in [4.69, 9.17) is 5.73 Å². The first-order valence-corrected chi connectivity index (χ1v) is 6.53. The van der Waals surface area contributed by atoms with Gasteiger partial charge in [-0.25, -0.2) is 9.50 Å². The van der Waals surface area contributed by atoms with E-state index in [1.54, 1.807) is 10.8 Å². The van der Waals surface area contributed by atoms with E-state index < -0.39 is 0 Å². The molecule has 2 N–H and O–H groups in total. The van der Waals surface area contributed by atoms with Crippen molar-refractivity contribution in [1.29, 1.82) is 0 Å². The van der Waals surface area contributed by atoms with Crippen LogP contribution in [0.25, 0.3) is 16.8 Å². The number of aryl methyl sites for hydroxylation is 1. The number of anilines is 1. The number of hydrogen-bond acceptors (Lipinski definition) is 3. The fourth-order valence-corrected chi connectivity index (χ4v) is 2.92. The number of nitrogen functional groups attached to an aromatic ring is 1. The average Bonchev–Trinajstić information content (AvgIpc) is 3.07. The third kappa shape index (κ3) is 1.53. The van der Waals surface area contributed by atoms with Crippen LogP contribution < -0.4 is 5.73 Å². The summed E-state index contributed by atoms with van der Waals surface area (Å²) in [5.74, 6) is 0. The summed E-state index contributed by atoms with van der Waals surface area (Å²) >= 11 is 0. The molecule has 0 aliphatic heterocycles. The summed E-state index contributed by atoms with van der Waals surface area (Å²) < 4.78 is 1.78. The lowest BCUT2D eigenvalue weighted by molar-refractivity contribution is 0.912. The summed E-state index contributed by atoms with van der Waals surface area (Å²) in [5.41, 5.74) is 13.0. The Balaban J connectivity index is 1.92. The molecule has 2 heterocycles. The molecular weight excluding hydrogens is 236 g/mol. The van der Waals surface area contributed by atoms with Crippen LogP contribution >= 0.6 is 0 Å². The van der Waals surface area contributed by atoms with Gasteiger partial charge in [0.2, 0.25) is 0 Å². The van der Waals surface area contributed by atoms with Gasteiger partial charge in [-0.05, 0) is 42.5 Å². The largest absolute Gasteiger partial charge is 0.398 e. The molecule has 4 heteroatoms. The zero-order valence-electron chi connectivity index (χ0n) is 10.5. The Hall–Kier alpha value is -2.36. The second kappa shape index (κ2) is 3.82. The fourth-order valence-electron chi connectivity index (χ4n) is 2.92. The molecule has 0 atom stereocenters. The number of benzene rings is 1. The summed E-state index contributed by atoms with van der Waals surface area (Å²) in [6, 6.07) is 8.35. The fraction of sp³-hybridized carbons (Fsp3) is 0.200. The van der Waals surface area contributed by atoms with E-state index in [1.165, 1.54) is 17.5 Å². The maximum atomic E-state index is 6.34. The van der Waals surface area contributed by atoms with E-state index in [-0.39, 0.29) is 0 Å². The molecule has 1 aromatic carbocycles. The SMILES string of the molecule is Nc1c(-c2ccc3ncnn3c2)ccc2c1CCC2. The quantitative estimate of drug-likeness (QED) is 0.675. The molecule has 3 aromatic rings. The van der Waals surface area contributed by atoms with E-state index in [2.05, 4.69) is 28.3 Å². The number of hydrogen-bond donors (Lipinski definition) is 1. The van der Waals surface area contributed by atoms with Crippen LogP contribution in [0.4, 0.5) is 5.69 Å². The number of aromatic nitrogens is 3. The molecule has 2 aromatic heterocycles. The molecule has 0 radical (unpaired) electrons. The Morgan fingerprint density at radius 3 is 3.00 bits per heavy atom. The van der Waals surface area contributed by atoms with Crippen molar-refractivity contribution in [3.8, 4) is 11.1 Å². The van der Waals surface area contributed by atoms with E-state index in [9.17, 15) is 0 Å². The molecular formula is C15H14N4. The van der Waals surface area contributed by atoms with Crippen LogP contribution in [0.2, 0.25) is 0 Å². The standard InChI is InChI=1S/C15H14N4/c16-15-12-3-1-2-10(12)4-6-13(15)11-5-7-14-17-9-18-19(14)8-11/h4-9H,1-3,16H2. The minimum atomic E-state index is 0.850. The summed E-state index contributed by atoms with van der Waals surface area (Å²) in [6.45, 7) is 0. The highest BCUT2D eigenvalue weighted by Gasteiger charge is 2.16. The van der Waals surface area contributed by atoms with Crippen LogP contribution in [-0.2, 0) is 12.8 Å². The first kappa shape index (κ1) is 10.6. The predicted octanol–water partition coefficient (Wildman–Crippen LogP) is 2.47. The second-order valence-electron chi connectivity index (χ2n) is 5.00. The van der Waals surface area contributed by atoms with E-state index >= 15 is 0 Å². The highest BCUT2D eigenvalue weighted by molar-refractivity contribution is 5.80. The van der Waals surface area contributed by atoms with E-state index in [0.717, 1.165) is 35.3 Å². The third-order valence-corrected chi connectivity index (χ3v) is 3.91. The van der Waals surface area contributed by atoms with Crippen molar-refractivity contribution in [1.82, 2.24) is 14.6 Å².